The molecule has 0 bridgehead atoms. The molecule has 0 saturated carbocycles. The van der Waals surface area contributed by atoms with Gasteiger partial charge >= 0.3 is 0 Å². The average Bonchev–Trinajstić information content (AvgIpc) is 2.19. The lowest BCUT2D eigenvalue weighted by atomic mass is 10.3. The molecule has 4 nitrogen and oxygen atoms in total. The Labute approximate surface area is 86.7 Å². The Bertz CT molecular complexity index is 147. The standard InChI is InChI=1S/C10H22N2O2/c1-4-12(5-2)10(11)6-7-14-9-8-13-3/h11H,4-9H2,1-3H3. The first-order chi connectivity index (χ1) is 6.76. The predicted molar refractivity (Wildman–Crippen MR) is 58.0 cm³/mol. The molecule has 0 aliphatic carbocycles. The van der Waals surface area contributed by atoms with Crippen LogP contribution in [0.1, 0.15) is 20.3 Å². The van der Waals surface area contributed by atoms with Crippen molar-refractivity contribution in [3.63, 3.8) is 0 Å². The molecule has 0 aliphatic heterocycles. The minimum absolute atomic E-state index is 0.610. The first kappa shape index (κ1) is 13.4. The fraction of sp³-hybridized carbons (Fsp3) is 0.900. The van der Waals surface area contributed by atoms with Gasteiger partial charge in [0, 0.05) is 26.6 Å². The van der Waals surface area contributed by atoms with Crippen LogP contribution in [-0.2, 0) is 9.47 Å². The van der Waals surface area contributed by atoms with Gasteiger partial charge < -0.3 is 14.4 Å². The van der Waals surface area contributed by atoms with Crippen molar-refractivity contribution in [1.29, 1.82) is 5.41 Å². The molecule has 14 heavy (non-hydrogen) atoms. The Morgan fingerprint density at radius 3 is 2.29 bits per heavy atom. The van der Waals surface area contributed by atoms with Crippen LogP contribution in [0.3, 0.4) is 0 Å². The highest BCUT2D eigenvalue weighted by Gasteiger charge is 2.04. The zero-order valence-electron chi connectivity index (χ0n) is 9.51. The van der Waals surface area contributed by atoms with Gasteiger partial charge in [0.05, 0.1) is 25.7 Å². The predicted octanol–water partition coefficient (Wildman–Crippen LogP) is 1.36. The van der Waals surface area contributed by atoms with Gasteiger partial charge in [-0.2, -0.15) is 0 Å². The Hall–Kier alpha value is -0.610. The summed E-state index contributed by atoms with van der Waals surface area (Å²) in [5, 5.41) is 7.74. The molecule has 0 aliphatic rings. The summed E-state index contributed by atoms with van der Waals surface area (Å²) in [6.45, 7) is 7.76. The molecule has 0 fully saturated rings. The molecule has 0 aromatic carbocycles. The van der Waals surface area contributed by atoms with Crippen LogP contribution in [-0.4, -0.2) is 50.8 Å². The minimum atomic E-state index is 0.610. The van der Waals surface area contributed by atoms with Gasteiger partial charge in [-0.05, 0) is 13.8 Å². The summed E-state index contributed by atoms with van der Waals surface area (Å²) in [5.41, 5.74) is 0. The smallest absolute Gasteiger partial charge is 0.0980 e. The molecule has 0 atom stereocenters. The Morgan fingerprint density at radius 2 is 1.79 bits per heavy atom. The number of hydrogen-bond acceptors (Lipinski definition) is 3. The van der Waals surface area contributed by atoms with Crippen molar-refractivity contribution in [3.05, 3.63) is 0 Å². The SMILES string of the molecule is CCN(CC)C(=N)CCOCCOC. The number of hydrogen-bond donors (Lipinski definition) is 1. The molecule has 0 rings (SSSR count). The third kappa shape index (κ3) is 5.94. The molecule has 1 N–H and O–H groups in total. The minimum Gasteiger partial charge on any atom is -0.382 e. The molecule has 0 aromatic heterocycles. The van der Waals surface area contributed by atoms with Gasteiger partial charge in [0.2, 0.25) is 0 Å². The van der Waals surface area contributed by atoms with Gasteiger partial charge in [-0.1, -0.05) is 0 Å². The molecule has 0 saturated heterocycles. The van der Waals surface area contributed by atoms with Crippen LogP contribution in [0.25, 0.3) is 0 Å². The monoisotopic (exact) mass is 202 g/mol. The highest BCUT2D eigenvalue weighted by atomic mass is 16.5. The van der Waals surface area contributed by atoms with Crippen molar-refractivity contribution < 1.29 is 9.47 Å². The van der Waals surface area contributed by atoms with Crippen molar-refractivity contribution in [1.82, 2.24) is 4.90 Å². The average molecular weight is 202 g/mol. The Morgan fingerprint density at radius 1 is 1.14 bits per heavy atom. The number of rotatable bonds is 8. The third-order valence-corrected chi connectivity index (χ3v) is 2.06. The van der Waals surface area contributed by atoms with Crippen molar-refractivity contribution in [2.45, 2.75) is 20.3 Å². The van der Waals surface area contributed by atoms with Gasteiger partial charge in [0.25, 0.3) is 0 Å². The molecular formula is C10H22N2O2. The lowest BCUT2D eigenvalue weighted by molar-refractivity contribution is 0.0734. The van der Waals surface area contributed by atoms with Crippen molar-refractivity contribution in [2.24, 2.45) is 0 Å². The van der Waals surface area contributed by atoms with E-state index < -0.39 is 0 Å². The van der Waals surface area contributed by atoms with E-state index in [1.54, 1.807) is 7.11 Å². The topological polar surface area (TPSA) is 45.6 Å². The van der Waals surface area contributed by atoms with Crippen LogP contribution < -0.4 is 0 Å². The second kappa shape index (κ2) is 8.97. The third-order valence-electron chi connectivity index (χ3n) is 2.06. The lowest BCUT2D eigenvalue weighted by Crippen LogP contribution is -2.30. The maximum Gasteiger partial charge on any atom is 0.0980 e. The van der Waals surface area contributed by atoms with Crippen LogP contribution in [0.15, 0.2) is 0 Å². The van der Waals surface area contributed by atoms with Gasteiger partial charge in [0.1, 0.15) is 0 Å². The molecule has 4 heteroatoms. The summed E-state index contributed by atoms with van der Waals surface area (Å²) in [5.74, 6) is 0.660. The fourth-order valence-corrected chi connectivity index (χ4v) is 1.18. The van der Waals surface area contributed by atoms with Crippen molar-refractivity contribution >= 4 is 5.84 Å². The van der Waals surface area contributed by atoms with E-state index in [0.29, 0.717) is 32.1 Å². The van der Waals surface area contributed by atoms with E-state index in [1.807, 2.05) is 4.90 Å². The van der Waals surface area contributed by atoms with Crippen LogP contribution in [0, 0.1) is 5.41 Å². The van der Waals surface area contributed by atoms with E-state index in [9.17, 15) is 0 Å². The van der Waals surface area contributed by atoms with Crippen LogP contribution >= 0.6 is 0 Å². The highest BCUT2D eigenvalue weighted by Crippen LogP contribution is 1.94. The van der Waals surface area contributed by atoms with E-state index in [4.69, 9.17) is 14.9 Å². The molecule has 0 amide bonds. The molecule has 0 heterocycles. The molecule has 84 valence electrons. The second-order valence-electron chi connectivity index (χ2n) is 2.97. The number of nitrogens with one attached hydrogen (secondary N) is 1. The number of methoxy groups -OCH3 is 1. The normalized spacial score (nSPS) is 10.2. The van der Waals surface area contributed by atoms with E-state index in [2.05, 4.69) is 13.8 Å². The summed E-state index contributed by atoms with van der Waals surface area (Å²) >= 11 is 0. The molecular weight excluding hydrogens is 180 g/mol. The van der Waals surface area contributed by atoms with Crippen LogP contribution in [0.5, 0.6) is 0 Å². The molecule has 0 unspecified atom stereocenters. The van der Waals surface area contributed by atoms with Gasteiger partial charge in [-0.25, -0.2) is 0 Å². The van der Waals surface area contributed by atoms with Gasteiger partial charge in [-0.3, -0.25) is 5.41 Å². The van der Waals surface area contributed by atoms with Crippen LogP contribution in [0.2, 0.25) is 0 Å². The lowest BCUT2D eigenvalue weighted by Gasteiger charge is -2.21. The molecule has 0 aromatic rings. The first-order valence-electron chi connectivity index (χ1n) is 5.15. The zero-order chi connectivity index (χ0) is 10.8. The number of amidine groups is 1. The number of ether oxygens (including phenoxy) is 2. The quantitative estimate of drug-likeness (QED) is 0.367. The largest absolute Gasteiger partial charge is 0.382 e. The summed E-state index contributed by atoms with van der Waals surface area (Å²) in [4.78, 5) is 2.03. The zero-order valence-corrected chi connectivity index (χ0v) is 9.51. The number of nitrogens with zero attached hydrogens (tertiary/aromatic N) is 1. The van der Waals surface area contributed by atoms with E-state index in [-0.39, 0.29) is 0 Å². The summed E-state index contributed by atoms with van der Waals surface area (Å²) < 4.78 is 10.1. The van der Waals surface area contributed by atoms with E-state index in [0.717, 1.165) is 13.1 Å². The second-order valence-corrected chi connectivity index (χ2v) is 2.97. The summed E-state index contributed by atoms with van der Waals surface area (Å²) in [6, 6.07) is 0. The van der Waals surface area contributed by atoms with Crippen molar-refractivity contribution in [3.8, 4) is 0 Å². The van der Waals surface area contributed by atoms with Crippen LogP contribution in [0.4, 0.5) is 0 Å². The molecule has 0 spiro atoms. The Balaban J connectivity index is 3.43. The summed E-state index contributed by atoms with van der Waals surface area (Å²) in [7, 11) is 1.65. The first-order valence-corrected chi connectivity index (χ1v) is 5.15. The van der Waals surface area contributed by atoms with Crippen molar-refractivity contribution in [2.75, 3.05) is 40.0 Å². The Kier molecular flexibility index (Phi) is 8.57. The molecule has 0 radical (unpaired) electrons. The maximum atomic E-state index is 7.74. The highest BCUT2D eigenvalue weighted by molar-refractivity contribution is 5.79. The fourth-order valence-electron chi connectivity index (χ4n) is 1.18. The van der Waals surface area contributed by atoms with E-state index >= 15 is 0 Å². The van der Waals surface area contributed by atoms with E-state index in [1.165, 1.54) is 0 Å². The van der Waals surface area contributed by atoms with Gasteiger partial charge in [-0.15, -0.1) is 0 Å². The summed E-state index contributed by atoms with van der Waals surface area (Å²) in [6.07, 6.45) is 0.686. The maximum absolute atomic E-state index is 7.74. The van der Waals surface area contributed by atoms with Gasteiger partial charge in [0.15, 0.2) is 0 Å².